The van der Waals surface area contributed by atoms with E-state index in [2.05, 4.69) is 17.4 Å². The van der Waals surface area contributed by atoms with Gasteiger partial charge in [0.05, 0.1) is 11.6 Å². The fourth-order valence-electron chi connectivity index (χ4n) is 3.52. The van der Waals surface area contributed by atoms with Crippen LogP contribution in [-0.2, 0) is 11.2 Å². The van der Waals surface area contributed by atoms with Crippen molar-refractivity contribution in [2.24, 2.45) is 0 Å². The van der Waals surface area contributed by atoms with Crippen LogP contribution in [0.15, 0.2) is 54.6 Å². The van der Waals surface area contributed by atoms with Gasteiger partial charge in [0.15, 0.2) is 0 Å². The van der Waals surface area contributed by atoms with Crippen molar-refractivity contribution in [2.45, 2.75) is 25.3 Å². The van der Waals surface area contributed by atoms with Crippen molar-refractivity contribution in [1.82, 2.24) is 10.2 Å². The zero-order valence-corrected chi connectivity index (χ0v) is 16.0. The highest BCUT2D eigenvalue weighted by molar-refractivity contribution is 6.00. The average molecular weight is 365 g/mol. The largest absolute Gasteiger partial charge is 0.377 e. The zero-order chi connectivity index (χ0) is 19.2. The van der Waals surface area contributed by atoms with Crippen LogP contribution in [0.1, 0.15) is 28.8 Å². The van der Waals surface area contributed by atoms with Crippen LogP contribution in [0, 0.1) is 0 Å². The molecule has 0 bridgehead atoms. The average Bonchev–Trinajstić information content (AvgIpc) is 3.01. The van der Waals surface area contributed by atoms with Crippen LogP contribution in [-0.4, -0.2) is 49.9 Å². The Morgan fingerprint density at radius 3 is 2.56 bits per heavy atom. The van der Waals surface area contributed by atoms with Gasteiger partial charge in [-0.05, 0) is 30.5 Å². The number of benzene rings is 2. The van der Waals surface area contributed by atoms with Gasteiger partial charge in [0.2, 0.25) is 5.91 Å². The second-order valence-electron chi connectivity index (χ2n) is 7.21. The number of amides is 2. The summed E-state index contributed by atoms with van der Waals surface area (Å²) in [5, 5.41) is 3.03. The first-order valence-electron chi connectivity index (χ1n) is 9.43. The zero-order valence-electron chi connectivity index (χ0n) is 16.0. The smallest absolute Gasteiger partial charge is 0.253 e. The number of likely N-dealkylation sites (tertiary alicyclic amines) is 1. The molecule has 0 spiro atoms. The minimum atomic E-state index is -0.128. The monoisotopic (exact) mass is 365 g/mol. The lowest BCUT2D eigenvalue weighted by atomic mass is 10.1. The first-order chi connectivity index (χ1) is 13.0. The topological polar surface area (TPSA) is 52.7 Å². The Bertz CT molecular complexity index is 789. The summed E-state index contributed by atoms with van der Waals surface area (Å²) < 4.78 is 0. The summed E-state index contributed by atoms with van der Waals surface area (Å²) in [6.45, 7) is 1.32. The second kappa shape index (κ2) is 8.71. The Morgan fingerprint density at radius 1 is 1.11 bits per heavy atom. The number of para-hydroxylation sites is 1. The van der Waals surface area contributed by atoms with Crippen molar-refractivity contribution < 1.29 is 9.59 Å². The van der Waals surface area contributed by atoms with Crippen molar-refractivity contribution >= 4 is 17.5 Å². The van der Waals surface area contributed by atoms with Gasteiger partial charge in [-0.1, -0.05) is 42.5 Å². The number of carbonyl (C=O) groups excluding carboxylic acids is 2. The van der Waals surface area contributed by atoms with Crippen molar-refractivity contribution in [3.05, 3.63) is 65.7 Å². The van der Waals surface area contributed by atoms with E-state index in [-0.39, 0.29) is 17.9 Å². The van der Waals surface area contributed by atoms with Crippen LogP contribution in [0.4, 0.5) is 5.69 Å². The Morgan fingerprint density at radius 2 is 1.81 bits per heavy atom. The van der Waals surface area contributed by atoms with Crippen molar-refractivity contribution in [3.8, 4) is 0 Å². The van der Waals surface area contributed by atoms with Gasteiger partial charge < -0.3 is 15.1 Å². The van der Waals surface area contributed by atoms with Gasteiger partial charge in [0, 0.05) is 39.3 Å². The third-order valence-electron chi connectivity index (χ3n) is 4.92. The second-order valence-corrected chi connectivity index (χ2v) is 7.21. The Labute approximate surface area is 161 Å². The van der Waals surface area contributed by atoms with E-state index in [1.54, 1.807) is 0 Å². The third kappa shape index (κ3) is 4.88. The van der Waals surface area contributed by atoms with Gasteiger partial charge in [-0.15, -0.1) is 0 Å². The molecule has 0 unspecified atom stereocenters. The molecule has 1 N–H and O–H groups in total. The molecule has 2 aromatic rings. The van der Waals surface area contributed by atoms with Crippen LogP contribution in [0.25, 0.3) is 0 Å². The molecule has 2 amide bonds. The minimum absolute atomic E-state index is 0.120. The molecule has 5 heteroatoms. The summed E-state index contributed by atoms with van der Waals surface area (Å²) in [7, 11) is 3.83. The lowest BCUT2D eigenvalue weighted by molar-refractivity contribution is -0.127. The van der Waals surface area contributed by atoms with Crippen LogP contribution in [0.2, 0.25) is 0 Å². The maximum Gasteiger partial charge on any atom is 0.253 e. The fourth-order valence-corrected chi connectivity index (χ4v) is 3.52. The van der Waals surface area contributed by atoms with E-state index in [0.29, 0.717) is 18.5 Å². The van der Waals surface area contributed by atoms with E-state index in [0.717, 1.165) is 25.1 Å². The highest BCUT2D eigenvalue weighted by Gasteiger charge is 2.30. The van der Waals surface area contributed by atoms with Crippen molar-refractivity contribution in [1.29, 1.82) is 0 Å². The summed E-state index contributed by atoms with van der Waals surface area (Å²) in [4.78, 5) is 28.7. The molecular formula is C22H27N3O2. The third-order valence-corrected chi connectivity index (χ3v) is 4.92. The van der Waals surface area contributed by atoms with Gasteiger partial charge in [0.1, 0.15) is 0 Å². The molecule has 1 saturated heterocycles. The minimum Gasteiger partial charge on any atom is -0.377 e. The number of anilines is 1. The predicted molar refractivity (Wildman–Crippen MR) is 108 cm³/mol. The van der Waals surface area contributed by atoms with Gasteiger partial charge in [-0.2, -0.15) is 0 Å². The molecule has 0 radical (unpaired) electrons. The van der Waals surface area contributed by atoms with Crippen LogP contribution in [0.5, 0.6) is 0 Å². The summed E-state index contributed by atoms with van der Waals surface area (Å²) in [5.74, 6) is -0.00232. The number of aryl methyl sites for hydroxylation is 1. The molecule has 1 fully saturated rings. The highest BCUT2D eigenvalue weighted by atomic mass is 16.2. The quantitative estimate of drug-likeness (QED) is 0.821. The number of carbonyl (C=O) groups is 2. The van der Waals surface area contributed by atoms with E-state index >= 15 is 0 Å². The van der Waals surface area contributed by atoms with E-state index < -0.39 is 0 Å². The Balaban J connectivity index is 1.52. The van der Waals surface area contributed by atoms with E-state index in [1.807, 2.05) is 66.4 Å². The molecule has 3 rings (SSSR count). The molecule has 1 aliphatic rings. The highest BCUT2D eigenvalue weighted by Crippen LogP contribution is 2.19. The molecule has 27 heavy (non-hydrogen) atoms. The molecule has 1 aliphatic heterocycles. The molecule has 0 aromatic heterocycles. The first kappa shape index (κ1) is 19.0. The molecule has 142 valence electrons. The molecule has 5 nitrogen and oxygen atoms in total. The summed E-state index contributed by atoms with van der Waals surface area (Å²) in [6, 6.07) is 17.7. The normalized spacial score (nSPS) is 16.4. The van der Waals surface area contributed by atoms with E-state index in [1.165, 1.54) is 5.56 Å². The summed E-state index contributed by atoms with van der Waals surface area (Å²) >= 11 is 0. The van der Waals surface area contributed by atoms with Gasteiger partial charge in [-0.3, -0.25) is 9.59 Å². The lowest BCUT2D eigenvalue weighted by Gasteiger charge is -2.19. The predicted octanol–water partition coefficient (Wildman–Crippen LogP) is 2.72. The van der Waals surface area contributed by atoms with Gasteiger partial charge >= 0.3 is 0 Å². The maximum atomic E-state index is 12.7. The number of hydrogen-bond acceptors (Lipinski definition) is 3. The molecule has 2 aromatic carbocycles. The lowest BCUT2D eigenvalue weighted by Crippen LogP contribution is -2.37. The fraction of sp³-hybridized carbons (Fsp3) is 0.364. The summed E-state index contributed by atoms with van der Waals surface area (Å²) in [5.41, 5.74) is 2.80. The number of rotatable bonds is 7. The SMILES string of the molecule is CN(C)c1ccccc1C(=O)N[C@@H]1CC(=O)N(CCCc2ccccc2)C1. The molecule has 1 atom stereocenters. The van der Waals surface area contributed by atoms with Crippen molar-refractivity contribution in [2.75, 3.05) is 32.1 Å². The van der Waals surface area contributed by atoms with E-state index in [4.69, 9.17) is 0 Å². The molecular weight excluding hydrogens is 338 g/mol. The number of hydrogen-bond donors (Lipinski definition) is 1. The van der Waals surface area contributed by atoms with Crippen LogP contribution in [0.3, 0.4) is 0 Å². The van der Waals surface area contributed by atoms with Gasteiger partial charge in [-0.25, -0.2) is 0 Å². The number of nitrogens with zero attached hydrogens (tertiary/aromatic N) is 2. The standard InChI is InChI=1S/C22H27N3O2/c1-24(2)20-13-7-6-12-19(20)22(27)23-18-15-21(26)25(16-18)14-8-11-17-9-4-3-5-10-17/h3-7,9-10,12-13,18H,8,11,14-16H2,1-2H3,(H,23,27)/t18-/m1/s1. The number of nitrogens with one attached hydrogen (secondary N) is 1. The van der Waals surface area contributed by atoms with Crippen molar-refractivity contribution in [3.63, 3.8) is 0 Å². The molecule has 1 heterocycles. The van der Waals surface area contributed by atoms with Gasteiger partial charge in [0.25, 0.3) is 5.91 Å². The Hall–Kier alpha value is -2.82. The molecule has 0 aliphatic carbocycles. The van der Waals surface area contributed by atoms with E-state index in [9.17, 15) is 9.59 Å². The van der Waals surface area contributed by atoms with Crippen LogP contribution >= 0.6 is 0 Å². The summed E-state index contributed by atoms with van der Waals surface area (Å²) in [6.07, 6.45) is 2.26. The van der Waals surface area contributed by atoms with Crippen LogP contribution < -0.4 is 10.2 Å². The first-order valence-corrected chi connectivity index (χ1v) is 9.43. The molecule has 0 saturated carbocycles. The Kier molecular flexibility index (Phi) is 6.12. The maximum absolute atomic E-state index is 12.7.